The van der Waals surface area contributed by atoms with E-state index in [0.29, 0.717) is 19.1 Å². The Bertz CT molecular complexity index is 853. The molecule has 1 aliphatic carbocycles. The molecule has 32 heavy (non-hydrogen) atoms. The first-order chi connectivity index (χ1) is 15.6. The van der Waals surface area contributed by atoms with Crippen LogP contribution in [0.4, 0.5) is 0 Å². The molecule has 0 aliphatic heterocycles. The molecule has 0 radical (unpaired) electrons. The molecule has 2 aromatic rings. The largest absolute Gasteiger partial charge is 0.345 e. The number of carbonyl (C=O) groups is 2. The normalized spacial score (nSPS) is 13.4. The standard InChI is InChI=1S/C27H39N3O2/c1-4-7-17-29(27(32)23(5-2)6-3)21-26(31)30(24-15-16-24)20-25-14-11-18-28(25)19-22-12-9-8-10-13-22/h8-14,18,23-24H,4-7,15-17,19-21H2,1-3H3. The molecule has 1 aromatic carbocycles. The lowest BCUT2D eigenvalue weighted by Gasteiger charge is -2.30. The van der Waals surface area contributed by atoms with E-state index in [-0.39, 0.29) is 24.3 Å². The molecule has 174 valence electrons. The second kappa shape index (κ2) is 11.9. The van der Waals surface area contributed by atoms with Crippen molar-refractivity contribution in [2.24, 2.45) is 5.92 Å². The van der Waals surface area contributed by atoms with Crippen LogP contribution in [0.2, 0.25) is 0 Å². The van der Waals surface area contributed by atoms with Gasteiger partial charge in [0.25, 0.3) is 0 Å². The van der Waals surface area contributed by atoms with Gasteiger partial charge in [0.2, 0.25) is 11.8 Å². The van der Waals surface area contributed by atoms with E-state index in [4.69, 9.17) is 0 Å². The van der Waals surface area contributed by atoms with Crippen molar-refractivity contribution in [2.45, 2.75) is 78.4 Å². The number of aromatic nitrogens is 1. The van der Waals surface area contributed by atoms with Crippen LogP contribution in [0.15, 0.2) is 48.7 Å². The fourth-order valence-corrected chi connectivity index (χ4v) is 4.28. The highest BCUT2D eigenvalue weighted by Crippen LogP contribution is 2.29. The molecule has 1 aromatic heterocycles. The van der Waals surface area contributed by atoms with E-state index in [2.05, 4.69) is 67.9 Å². The predicted octanol–water partition coefficient (Wildman–Crippen LogP) is 5.09. The highest BCUT2D eigenvalue weighted by Gasteiger charge is 2.34. The van der Waals surface area contributed by atoms with Crippen LogP contribution in [-0.4, -0.2) is 45.3 Å². The van der Waals surface area contributed by atoms with Gasteiger partial charge in [-0.15, -0.1) is 0 Å². The van der Waals surface area contributed by atoms with Crippen molar-refractivity contribution in [3.8, 4) is 0 Å². The average Bonchev–Trinajstić information content (AvgIpc) is 3.56. The first-order valence-electron chi connectivity index (χ1n) is 12.3. The molecule has 0 saturated heterocycles. The molecule has 0 bridgehead atoms. The van der Waals surface area contributed by atoms with E-state index in [9.17, 15) is 9.59 Å². The number of hydrogen-bond acceptors (Lipinski definition) is 2. The van der Waals surface area contributed by atoms with E-state index < -0.39 is 0 Å². The van der Waals surface area contributed by atoms with Crippen LogP contribution in [0, 0.1) is 5.92 Å². The zero-order chi connectivity index (χ0) is 22.9. The molecule has 0 atom stereocenters. The van der Waals surface area contributed by atoms with Crippen LogP contribution in [0.5, 0.6) is 0 Å². The highest BCUT2D eigenvalue weighted by molar-refractivity contribution is 5.86. The van der Waals surface area contributed by atoms with E-state index >= 15 is 0 Å². The van der Waals surface area contributed by atoms with Crippen LogP contribution in [0.3, 0.4) is 0 Å². The summed E-state index contributed by atoms with van der Waals surface area (Å²) >= 11 is 0. The fraction of sp³-hybridized carbons (Fsp3) is 0.556. The van der Waals surface area contributed by atoms with Gasteiger partial charge in [0.15, 0.2) is 0 Å². The Labute approximate surface area is 193 Å². The van der Waals surface area contributed by atoms with Gasteiger partial charge in [-0.3, -0.25) is 9.59 Å². The van der Waals surface area contributed by atoms with Crippen LogP contribution < -0.4 is 0 Å². The van der Waals surface area contributed by atoms with Gasteiger partial charge >= 0.3 is 0 Å². The lowest BCUT2D eigenvalue weighted by Crippen LogP contribution is -2.45. The van der Waals surface area contributed by atoms with Crippen LogP contribution in [0.1, 0.15) is 70.6 Å². The maximum atomic E-state index is 13.4. The Morgan fingerprint density at radius 3 is 2.38 bits per heavy atom. The average molecular weight is 438 g/mol. The molecule has 1 fully saturated rings. The molecule has 1 aliphatic rings. The third-order valence-corrected chi connectivity index (χ3v) is 6.51. The van der Waals surface area contributed by atoms with E-state index in [1.807, 2.05) is 15.9 Å². The Kier molecular flexibility index (Phi) is 8.95. The molecule has 3 rings (SSSR count). The summed E-state index contributed by atoms with van der Waals surface area (Å²) in [6.07, 6.45) is 7.79. The zero-order valence-electron chi connectivity index (χ0n) is 20.0. The summed E-state index contributed by atoms with van der Waals surface area (Å²) in [5, 5.41) is 0. The van der Waals surface area contributed by atoms with Gasteiger partial charge in [0, 0.05) is 36.9 Å². The molecule has 2 amide bonds. The van der Waals surface area contributed by atoms with Gasteiger partial charge in [-0.05, 0) is 49.8 Å². The minimum atomic E-state index is 0.0112. The monoisotopic (exact) mass is 437 g/mol. The van der Waals surface area contributed by atoms with Crippen molar-refractivity contribution >= 4 is 11.8 Å². The van der Waals surface area contributed by atoms with Gasteiger partial charge < -0.3 is 14.4 Å². The number of nitrogens with zero attached hydrogens (tertiary/aromatic N) is 3. The smallest absolute Gasteiger partial charge is 0.242 e. The Morgan fingerprint density at radius 2 is 1.75 bits per heavy atom. The summed E-state index contributed by atoms with van der Waals surface area (Å²) in [5.41, 5.74) is 2.39. The molecule has 0 N–H and O–H groups in total. The maximum absolute atomic E-state index is 13.4. The second-order valence-electron chi connectivity index (χ2n) is 8.99. The number of carbonyl (C=O) groups excluding carboxylic acids is 2. The zero-order valence-corrected chi connectivity index (χ0v) is 20.0. The summed E-state index contributed by atoms with van der Waals surface area (Å²) in [5.74, 6) is 0.229. The van der Waals surface area contributed by atoms with Gasteiger partial charge in [0.05, 0.1) is 13.1 Å². The van der Waals surface area contributed by atoms with Crippen molar-refractivity contribution in [1.82, 2.24) is 14.4 Å². The topological polar surface area (TPSA) is 45.6 Å². The third-order valence-electron chi connectivity index (χ3n) is 6.51. The van der Waals surface area contributed by atoms with Gasteiger partial charge in [-0.2, -0.15) is 0 Å². The Balaban J connectivity index is 1.70. The van der Waals surface area contributed by atoms with Crippen molar-refractivity contribution < 1.29 is 9.59 Å². The van der Waals surface area contributed by atoms with Crippen LogP contribution >= 0.6 is 0 Å². The minimum Gasteiger partial charge on any atom is -0.345 e. The summed E-state index contributed by atoms with van der Waals surface area (Å²) in [6.45, 7) is 8.51. The van der Waals surface area contributed by atoms with E-state index in [1.54, 1.807) is 0 Å². The number of rotatable bonds is 13. The number of benzene rings is 1. The predicted molar refractivity (Wildman–Crippen MR) is 129 cm³/mol. The number of amides is 2. The first-order valence-corrected chi connectivity index (χ1v) is 12.3. The molecule has 1 heterocycles. The lowest BCUT2D eigenvalue weighted by molar-refractivity contribution is -0.143. The summed E-state index contributed by atoms with van der Waals surface area (Å²) in [4.78, 5) is 30.3. The van der Waals surface area contributed by atoms with Crippen LogP contribution in [0.25, 0.3) is 0 Å². The van der Waals surface area contributed by atoms with Crippen LogP contribution in [-0.2, 0) is 22.7 Å². The molecular weight excluding hydrogens is 398 g/mol. The van der Waals surface area contributed by atoms with Crippen molar-refractivity contribution in [2.75, 3.05) is 13.1 Å². The van der Waals surface area contributed by atoms with E-state index in [1.165, 1.54) is 5.56 Å². The van der Waals surface area contributed by atoms with Crippen molar-refractivity contribution in [3.05, 3.63) is 59.9 Å². The summed E-state index contributed by atoms with van der Waals surface area (Å²) < 4.78 is 2.22. The Morgan fingerprint density at radius 1 is 1.03 bits per heavy atom. The Hall–Kier alpha value is -2.56. The van der Waals surface area contributed by atoms with Gasteiger partial charge in [-0.1, -0.05) is 57.5 Å². The molecular formula is C27H39N3O2. The highest BCUT2D eigenvalue weighted by atomic mass is 16.2. The molecule has 0 spiro atoms. The molecule has 5 heteroatoms. The fourth-order valence-electron chi connectivity index (χ4n) is 4.28. The second-order valence-corrected chi connectivity index (χ2v) is 8.99. The minimum absolute atomic E-state index is 0.0112. The molecule has 5 nitrogen and oxygen atoms in total. The van der Waals surface area contributed by atoms with Gasteiger partial charge in [-0.25, -0.2) is 0 Å². The SMILES string of the molecule is CCCCN(CC(=O)N(Cc1cccn1Cc1ccccc1)C1CC1)C(=O)C(CC)CC. The number of unbranched alkanes of at least 4 members (excludes halogenated alkanes) is 1. The van der Waals surface area contributed by atoms with Crippen molar-refractivity contribution in [1.29, 1.82) is 0 Å². The maximum Gasteiger partial charge on any atom is 0.242 e. The third kappa shape index (κ3) is 6.47. The summed E-state index contributed by atoms with van der Waals surface area (Å²) in [7, 11) is 0. The van der Waals surface area contributed by atoms with E-state index in [0.717, 1.165) is 50.8 Å². The molecule has 0 unspecified atom stereocenters. The molecule has 1 saturated carbocycles. The summed E-state index contributed by atoms with van der Waals surface area (Å²) in [6, 6.07) is 14.9. The van der Waals surface area contributed by atoms with Crippen molar-refractivity contribution in [3.63, 3.8) is 0 Å². The first kappa shape index (κ1) is 24.1. The van der Waals surface area contributed by atoms with Gasteiger partial charge in [0.1, 0.15) is 0 Å². The number of hydrogen-bond donors (Lipinski definition) is 0. The lowest BCUT2D eigenvalue weighted by atomic mass is 10.0. The quantitative estimate of drug-likeness (QED) is 0.438.